The Morgan fingerprint density at radius 3 is 2.45 bits per heavy atom. The van der Waals surface area contributed by atoms with Crippen LogP contribution in [-0.4, -0.2) is 61.0 Å². The first-order valence-electron chi connectivity index (χ1n) is 10.0. The van der Waals surface area contributed by atoms with Gasteiger partial charge in [-0.2, -0.15) is 0 Å². The largest absolute Gasteiger partial charge is 0.367 e. The standard InChI is InChI=1S/C22H24Cl2FN3O/c23-18-8-7-16(14-19(18)24)22(29)28-9-3-4-17(15-28)26-10-12-27(13-11-26)21-6-2-1-5-20(21)25/h1-2,5-8,14,17H,3-4,9-13,15H2/t17-/m1/s1. The first-order valence-corrected chi connectivity index (χ1v) is 10.8. The second-order valence-electron chi connectivity index (χ2n) is 7.65. The zero-order chi connectivity index (χ0) is 20.4. The number of nitrogens with zero attached hydrogens (tertiary/aromatic N) is 3. The lowest BCUT2D eigenvalue weighted by atomic mass is 10.0. The number of benzene rings is 2. The highest BCUT2D eigenvalue weighted by Gasteiger charge is 2.31. The molecule has 1 atom stereocenters. The Labute approximate surface area is 180 Å². The summed E-state index contributed by atoms with van der Waals surface area (Å²) in [6.07, 6.45) is 2.05. The van der Waals surface area contributed by atoms with Gasteiger partial charge in [0.25, 0.3) is 5.91 Å². The summed E-state index contributed by atoms with van der Waals surface area (Å²) in [5, 5.41) is 0.850. The fourth-order valence-corrected chi connectivity index (χ4v) is 4.58. The molecule has 2 heterocycles. The maximum atomic E-state index is 14.1. The maximum absolute atomic E-state index is 14.1. The second-order valence-corrected chi connectivity index (χ2v) is 8.46. The van der Waals surface area contributed by atoms with Gasteiger partial charge in [-0.15, -0.1) is 0 Å². The molecule has 0 aliphatic carbocycles. The summed E-state index contributed by atoms with van der Waals surface area (Å²) in [4.78, 5) is 19.4. The minimum atomic E-state index is -0.169. The minimum absolute atomic E-state index is 0.00161. The van der Waals surface area contributed by atoms with E-state index in [4.69, 9.17) is 23.2 Å². The van der Waals surface area contributed by atoms with E-state index in [9.17, 15) is 9.18 Å². The summed E-state index contributed by atoms with van der Waals surface area (Å²) in [6.45, 7) is 4.78. The lowest BCUT2D eigenvalue weighted by Gasteiger charge is -2.44. The molecule has 2 aromatic rings. The first kappa shape index (κ1) is 20.5. The normalized spacial score (nSPS) is 20.7. The number of hydrogen-bond acceptors (Lipinski definition) is 3. The molecule has 0 radical (unpaired) electrons. The molecule has 0 spiro atoms. The summed E-state index contributed by atoms with van der Waals surface area (Å²) in [6, 6.07) is 12.3. The van der Waals surface area contributed by atoms with Crippen LogP contribution < -0.4 is 4.90 Å². The monoisotopic (exact) mass is 435 g/mol. The molecule has 2 aliphatic rings. The van der Waals surface area contributed by atoms with Gasteiger partial charge >= 0.3 is 0 Å². The zero-order valence-corrected chi connectivity index (χ0v) is 17.7. The maximum Gasteiger partial charge on any atom is 0.253 e. The van der Waals surface area contributed by atoms with Crippen molar-refractivity contribution in [1.29, 1.82) is 0 Å². The third kappa shape index (κ3) is 4.52. The molecular formula is C22H24Cl2FN3O. The van der Waals surface area contributed by atoms with Crippen LogP contribution in [0.4, 0.5) is 10.1 Å². The summed E-state index contributed by atoms with van der Waals surface area (Å²) >= 11 is 12.1. The molecule has 4 rings (SSSR count). The van der Waals surface area contributed by atoms with Gasteiger partial charge in [0.2, 0.25) is 0 Å². The molecule has 2 saturated heterocycles. The lowest BCUT2D eigenvalue weighted by molar-refractivity contribution is 0.0563. The molecule has 0 bridgehead atoms. The van der Waals surface area contributed by atoms with Crippen molar-refractivity contribution in [1.82, 2.24) is 9.80 Å². The fourth-order valence-electron chi connectivity index (χ4n) is 4.29. The third-order valence-electron chi connectivity index (χ3n) is 5.87. The lowest BCUT2D eigenvalue weighted by Crippen LogP contribution is -2.56. The molecular weight excluding hydrogens is 412 g/mol. The predicted molar refractivity (Wildman–Crippen MR) is 116 cm³/mol. The van der Waals surface area contributed by atoms with Crippen LogP contribution in [0.3, 0.4) is 0 Å². The number of amides is 1. The molecule has 0 aromatic heterocycles. The van der Waals surface area contributed by atoms with Gasteiger partial charge in [0, 0.05) is 50.9 Å². The molecule has 4 nitrogen and oxygen atoms in total. The summed E-state index contributed by atoms with van der Waals surface area (Å²) in [7, 11) is 0. The van der Waals surface area contributed by atoms with E-state index in [1.807, 2.05) is 17.0 Å². The van der Waals surface area contributed by atoms with Crippen molar-refractivity contribution in [3.63, 3.8) is 0 Å². The minimum Gasteiger partial charge on any atom is -0.367 e. The molecule has 1 amide bonds. The number of halogens is 3. The van der Waals surface area contributed by atoms with Gasteiger partial charge < -0.3 is 9.80 Å². The van der Waals surface area contributed by atoms with Crippen LogP contribution in [0.5, 0.6) is 0 Å². The Balaban J connectivity index is 1.37. The average molecular weight is 436 g/mol. The van der Waals surface area contributed by atoms with Crippen LogP contribution in [-0.2, 0) is 0 Å². The van der Waals surface area contributed by atoms with Crippen molar-refractivity contribution in [2.24, 2.45) is 0 Å². The van der Waals surface area contributed by atoms with Gasteiger partial charge in [-0.25, -0.2) is 4.39 Å². The SMILES string of the molecule is O=C(c1ccc(Cl)c(Cl)c1)N1CCC[C@@H](N2CCN(c3ccccc3F)CC2)C1. The Hall–Kier alpha value is -1.82. The van der Waals surface area contributed by atoms with Crippen molar-refractivity contribution in [3.8, 4) is 0 Å². The van der Waals surface area contributed by atoms with Gasteiger partial charge in [0.05, 0.1) is 15.7 Å². The van der Waals surface area contributed by atoms with E-state index in [-0.39, 0.29) is 11.7 Å². The van der Waals surface area contributed by atoms with Crippen molar-refractivity contribution in [3.05, 3.63) is 63.9 Å². The summed E-state index contributed by atoms with van der Waals surface area (Å²) < 4.78 is 14.1. The van der Waals surface area contributed by atoms with Gasteiger partial charge in [-0.1, -0.05) is 35.3 Å². The van der Waals surface area contributed by atoms with Crippen molar-refractivity contribution < 1.29 is 9.18 Å². The van der Waals surface area contributed by atoms with E-state index in [1.54, 1.807) is 24.3 Å². The smallest absolute Gasteiger partial charge is 0.253 e. The Bertz CT molecular complexity index is 886. The van der Waals surface area contributed by atoms with Crippen molar-refractivity contribution >= 4 is 34.8 Å². The van der Waals surface area contributed by atoms with Gasteiger partial charge in [-0.3, -0.25) is 9.69 Å². The summed E-state index contributed by atoms with van der Waals surface area (Å²) in [5.41, 5.74) is 1.25. The van der Waals surface area contributed by atoms with E-state index in [1.165, 1.54) is 6.07 Å². The van der Waals surface area contributed by atoms with Crippen molar-refractivity contribution in [2.45, 2.75) is 18.9 Å². The fraction of sp³-hybridized carbons (Fsp3) is 0.409. The topological polar surface area (TPSA) is 26.8 Å². The highest BCUT2D eigenvalue weighted by molar-refractivity contribution is 6.42. The quantitative estimate of drug-likeness (QED) is 0.706. The molecule has 0 unspecified atom stereocenters. The van der Waals surface area contributed by atoms with Crippen LogP contribution >= 0.6 is 23.2 Å². The molecule has 2 aliphatic heterocycles. The Kier molecular flexibility index (Phi) is 6.28. The number of carbonyl (C=O) groups excluding carboxylic acids is 1. The zero-order valence-electron chi connectivity index (χ0n) is 16.2. The van der Waals surface area contributed by atoms with Crippen LogP contribution in [0.1, 0.15) is 23.2 Å². The number of piperazine rings is 1. The Morgan fingerprint density at radius 1 is 0.966 bits per heavy atom. The number of carbonyl (C=O) groups is 1. The molecule has 29 heavy (non-hydrogen) atoms. The highest BCUT2D eigenvalue weighted by atomic mass is 35.5. The van der Waals surface area contributed by atoms with Gasteiger partial charge in [-0.05, 0) is 43.2 Å². The van der Waals surface area contributed by atoms with E-state index in [0.717, 1.165) is 45.6 Å². The number of rotatable bonds is 3. The van der Waals surface area contributed by atoms with E-state index in [0.29, 0.717) is 33.9 Å². The van der Waals surface area contributed by atoms with Gasteiger partial charge in [0.15, 0.2) is 0 Å². The number of piperidine rings is 1. The third-order valence-corrected chi connectivity index (χ3v) is 6.61. The van der Waals surface area contributed by atoms with Crippen LogP contribution in [0, 0.1) is 5.82 Å². The van der Waals surface area contributed by atoms with E-state index >= 15 is 0 Å². The van der Waals surface area contributed by atoms with Crippen LogP contribution in [0.25, 0.3) is 0 Å². The molecule has 2 fully saturated rings. The van der Waals surface area contributed by atoms with E-state index in [2.05, 4.69) is 9.80 Å². The molecule has 2 aromatic carbocycles. The average Bonchev–Trinajstić information content (AvgIpc) is 2.76. The number of hydrogen-bond donors (Lipinski definition) is 0. The number of para-hydroxylation sites is 1. The van der Waals surface area contributed by atoms with Gasteiger partial charge in [0.1, 0.15) is 5.82 Å². The number of anilines is 1. The number of likely N-dealkylation sites (tertiary alicyclic amines) is 1. The predicted octanol–water partition coefficient (Wildman–Crippen LogP) is 4.56. The molecule has 7 heteroatoms. The van der Waals surface area contributed by atoms with E-state index < -0.39 is 0 Å². The van der Waals surface area contributed by atoms with Crippen LogP contribution in [0.15, 0.2) is 42.5 Å². The molecule has 0 N–H and O–H groups in total. The Morgan fingerprint density at radius 2 is 1.72 bits per heavy atom. The molecule has 154 valence electrons. The molecule has 0 saturated carbocycles. The van der Waals surface area contributed by atoms with Crippen molar-refractivity contribution in [2.75, 3.05) is 44.2 Å². The first-order chi connectivity index (χ1) is 14.0. The van der Waals surface area contributed by atoms with Crippen LogP contribution in [0.2, 0.25) is 10.0 Å². The second kappa shape index (κ2) is 8.90. The summed E-state index contributed by atoms with van der Waals surface area (Å²) in [5.74, 6) is -0.171. The highest BCUT2D eigenvalue weighted by Crippen LogP contribution is 2.26.